The Morgan fingerprint density at radius 3 is 2.67 bits per heavy atom. The molecular weight excluding hydrogens is 274 g/mol. The van der Waals surface area contributed by atoms with E-state index in [1.807, 2.05) is 0 Å². The Kier molecular flexibility index (Phi) is 7.56. The van der Waals surface area contributed by atoms with Gasteiger partial charge in [-0.3, -0.25) is 4.79 Å². The van der Waals surface area contributed by atoms with Crippen LogP contribution in [0.3, 0.4) is 0 Å². The largest absolute Gasteiger partial charge is 0.504 e. The first kappa shape index (κ1) is 17.3. The normalized spacial score (nSPS) is 12.1. The molecule has 1 aromatic rings. The lowest BCUT2D eigenvalue weighted by atomic mass is 10.1. The van der Waals surface area contributed by atoms with Gasteiger partial charge < -0.3 is 25.4 Å². The third-order valence-corrected chi connectivity index (χ3v) is 2.91. The van der Waals surface area contributed by atoms with Crippen LogP contribution >= 0.6 is 0 Å². The molecule has 0 aromatic heterocycles. The first-order valence-electron chi connectivity index (χ1n) is 7.05. The number of hydrogen-bond acceptors (Lipinski definition) is 6. The summed E-state index contributed by atoms with van der Waals surface area (Å²) in [7, 11) is 0. The number of phenols is 2. The molecule has 0 spiro atoms. The van der Waals surface area contributed by atoms with Gasteiger partial charge in [0.25, 0.3) is 0 Å². The molecule has 0 heterocycles. The molecule has 0 radical (unpaired) electrons. The predicted molar refractivity (Wildman–Crippen MR) is 78.1 cm³/mol. The molecule has 0 fully saturated rings. The van der Waals surface area contributed by atoms with Crippen molar-refractivity contribution in [1.29, 1.82) is 0 Å². The van der Waals surface area contributed by atoms with Crippen LogP contribution in [0.1, 0.15) is 25.3 Å². The Balaban J connectivity index is 2.29. The number of hydrogen-bond donors (Lipinski definition) is 3. The highest BCUT2D eigenvalue weighted by atomic mass is 16.6. The number of aromatic hydroxyl groups is 2. The minimum atomic E-state index is -0.815. The van der Waals surface area contributed by atoms with Gasteiger partial charge in [0.2, 0.25) is 0 Å². The van der Waals surface area contributed by atoms with Gasteiger partial charge in [0, 0.05) is 6.61 Å². The zero-order valence-corrected chi connectivity index (χ0v) is 12.2. The standard InChI is InChI=1S/C15H23NO5/c1-2-3-6-20-7-8-21-15(19)12(16)9-11-4-5-13(17)14(18)10-11/h4-5,10,12,17-18H,2-3,6-9,16H2,1H3/t12-/m0/s1. The molecular formula is C15H23NO5. The molecule has 0 aliphatic rings. The lowest BCUT2D eigenvalue weighted by Crippen LogP contribution is -2.35. The lowest BCUT2D eigenvalue weighted by molar-refractivity contribution is -0.146. The second-order valence-electron chi connectivity index (χ2n) is 4.77. The van der Waals surface area contributed by atoms with Gasteiger partial charge in [-0.1, -0.05) is 19.4 Å². The van der Waals surface area contributed by atoms with Crippen LogP contribution in [-0.4, -0.2) is 42.0 Å². The van der Waals surface area contributed by atoms with Crippen LogP contribution in [0.2, 0.25) is 0 Å². The van der Waals surface area contributed by atoms with E-state index >= 15 is 0 Å². The van der Waals surface area contributed by atoms with E-state index in [1.165, 1.54) is 12.1 Å². The molecule has 1 aromatic carbocycles. The van der Waals surface area contributed by atoms with Crippen LogP contribution in [-0.2, 0) is 20.7 Å². The Hall–Kier alpha value is -1.79. The summed E-state index contributed by atoms with van der Waals surface area (Å²) in [6.45, 7) is 3.27. The minimum absolute atomic E-state index is 0.178. The lowest BCUT2D eigenvalue weighted by Gasteiger charge is -2.12. The van der Waals surface area contributed by atoms with Crippen LogP contribution in [0.25, 0.3) is 0 Å². The molecule has 6 heteroatoms. The monoisotopic (exact) mass is 297 g/mol. The van der Waals surface area contributed by atoms with Gasteiger partial charge in [-0.15, -0.1) is 0 Å². The molecule has 0 bridgehead atoms. The van der Waals surface area contributed by atoms with Crippen molar-refractivity contribution >= 4 is 5.97 Å². The zero-order valence-electron chi connectivity index (χ0n) is 12.2. The van der Waals surface area contributed by atoms with Crippen LogP contribution in [0, 0.1) is 0 Å². The fourth-order valence-electron chi connectivity index (χ4n) is 1.69. The number of carbonyl (C=O) groups excluding carboxylic acids is 1. The van der Waals surface area contributed by atoms with Gasteiger partial charge in [0.15, 0.2) is 11.5 Å². The Morgan fingerprint density at radius 1 is 1.24 bits per heavy atom. The summed E-state index contributed by atoms with van der Waals surface area (Å²) in [5.41, 5.74) is 6.39. The van der Waals surface area contributed by atoms with Gasteiger partial charge in [0.05, 0.1) is 6.61 Å². The fraction of sp³-hybridized carbons (Fsp3) is 0.533. The van der Waals surface area contributed by atoms with Crippen molar-refractivity contribution in [3.8, 4) is 11.5 Å². The summed E-state index contributed by atoms with van der Waals surface area (Å²) in [5.74, 6) is -0.960. The number of phenolic OH excluding ortho intramolecular Hbond substituents is 2. The van der Waals surface area contributed by atoms with Crippen molar-refractivity contribution in [2.75, 3.05) is 19.8 Å². The van der Waals surface area contributed by atoms with Gasteiger partial charge in [-0.25, -0.2) is 0 Å². The van der Waals surface area contributed by atoms with Crippen molar-refractivity contribution in [1.82, 2.24) is 0 Å². The summed E-state index contributed by atoms with van der Waals surface area (Å²) >= 11 is 0. The second kappa shape index (κ2) is 9.20. The average molecular weight is 297 g/mol. The van der Waals surface area contributed by atoms with E-state index in [1.54, 1.807) is 6.07 Å². The maximum Gasteiger partial charge on any atom is 0.323 e. The maximum absolute atomic E-state index is 11.7. The molecule has 0 saturated carbocycles. The van der Waals surface area contributed by atoms with E-state index < -0.39 is 12.0 Å². The summed E-state index contributed by atoms with van der Waals surface area (Å²) in [5, 5.41) is 18.6. The van der Waals surface area contributed by atoms with E-state index in [2.05, 4.69) is 6.92 Å². The van der Waals surface area contributed by atoms with Crippen LogP contribution < -0.4 is 5.73 Å². The molecule has 0 aliphatic heterocycles. The smallest absolute Gasteiger partial charge is 0.323 e. The molecule has 0 amide bonds. The predicted octanol–water partition coefficient (Wildman–Crippen LogP) is 1.33. The molecule has 4 N–H and O–H groups in total. The summed E-state index contributed by atoms with van der Waals surface area (Å²) < 4.78 is 10.3. The number of ether oxygens (including phenoxy) is 2. The van der Waals surface area contributed by atoms with Crippen molar-refractivity contribution < 1.29 is 24.5 Å². The molecule has 1 rings (SSSR count). The average Bonchev–Trinajstić information content (AvgIpc) is 2.46. The Morgan fingerprint density at radius 2 is 2.00 bits per heavy atom. The van der Waals surface area contributed by atoms with Crippen molar-refractivity contribution in [2.45, 2.75) is 32.2 Å². The van der Waals surface area contributed by atoms with E-state index in [0.29, 0.717) is 18.8 Å². The quantitative estimate of drug-likeness (QED) is 0.361. The number of unbranched alkanes of at least 4 members (excludes halogenated alkanes) is 1. The highest BCUT2D eigenvalue weighted by Crippen LogP contribution is 2.25. The van der Waals surface area contributed by atoms with Gasteiger partial charge in [0.1, 0.15) is 12.6 Å². The number of rotatable bonds is 9. The highest BCUT2D eigenvalue weighted by Gasteiger charge is 2.16. The second-order valence-corrected chi connectivity index (χ2v) is 4.77. The first-order valence-corrected chi connectivity index (χ1v) is 7.05. The number of benzene rings is 1. The molecule has 21 heavy (non-hydrogen) atoms. The molecule has 118 valence electrons. The zero-order chi connectivity index (χ0) is 15.7. The van der Waals surface area contributed by atoms with E-state index in [0.717, 1.165) is 12.8 Å². The number of carbonyl (C=O) groups is 1. The van der Waals surface area contributed by atoms with Crippen LogP contribution in [0.5, 0.6) is 11.5 Å². The molecule has 1 atom stereocenters. The highest BCUT2D eigenvalue weighted by molar-refractivity contribution is 5.75. The Bertz CT molecular complexity index is 450. The first-order chi connectivity index (χ1) is 10.0. The third kappa shape index (κ3) is 6.46. The maximum atomic E-state index is 11.7. The van der Waals surface area contributed by atoms with Crippen LogP contribution in [0.4, 0.5) is 0 Å². The van der Waals surface area contributed by atoms with Gasteiger partial charge >= 0.3 is 5.97 Å². The SMILES string of the molecule is CCCCOCCOC(=O)[C@@H](N)Cc1ccc(O)c(O)c1. The van der Waals surface area contributed by atoms with Crippen molar-refractivity contribution in [3.05, 3.63) is 23.8 Å². The van der Waals surface area contributed by atoms with E-state index in [-0.39, 0.29) is 24.5 Å². The minimum Gasteiger partial charge on any atom is -0.504 e. The molecule has 6 nitrogen and oxygen atoms in total. The molecule has 0 unspecified atom stereocenters. The fourth-order valence-corrected chi connectivity index (χ4v) is 1.69. The summed E-state index contributed by atoms with van der Waals surface area (Å²) in [6, 6.07) is 3.50. The number of nitrogens with two attached hydrogens (primary N) is 1. The molecule has 0 saturated heterocycles. The van der Waals surface area contributed by atoms with Crippen LogP contribution in [0.15, 0.2) is 18.2 Å². The van der Waals surface area contributed by atoms with Gasteiger partial charge in [-0.2, -0.15) is 0 Å². The topological polar surface area (TPSA) is 102 Å². The number of esters is 1. The van der Waals surface area contributed by atoms with Gasteiger partial charge in [-0.05, 0) is 30.5 Å². The Labute approximate surface area is 124 Å². The third-order valence-electron chi connectivity index (χ3n) is 2.91. The van der Waals surface area contributed by atoms with Crippen molar-refractivity contribution in [2.24, 2.45) is 5.73 Å². The van der Waals surface area contributed by atoms with E-state index in [9.17, 15) is 15.0 Å². The summed E-state index contributed by atoms with van der Waals surface area (Å²) in [4.78, 5) is 11.7. The van der Waals surface area contributed by atoms with Crippen molar-refractivity contribution in [3.63, 3.8) is 0 Å². The molecule has 0 aliphatic carbocycles. The van der Waals surface area contributed by atoms with E-state index in [4.69, 9.17) is 15.2 Å². The summed E-state index contributed by atoms with van der Waals surface area (Å²) in [6.07, 6.45) is 2.27.